The number of hydrogen-bond acceptors (Lipinski definition) is 6. The molecule has 0 aliphatic heterocycles. The summed E-state index contributed by atoms with van der Waals surface area (Å²) in [4.78, 5) is 0. The molecule has 2 N–H and O–H groups in total. The quantitative estimate of drug-likeness (QED) is 0.716. The predicted octanol–water partition coefficient (Wildman–Crippen LogP) is 2.34. The Morgan fingerprint density at radius 2 is 2.09 bits per heavy atom. The van der Waals surface area contributed by atoms with Crippen LogP contribution in [0.2, 0.25) is 0 Å². The molecule has 0 saturated heterocycles. The van der Waals surface area contributed by atoms with E-state index >= 15 is 0 Å². The number of allylic oxidation sites excluding steroid dienone is 1. The summed E-state index contributed by atoms with van der Waals surface area (Å²) in [6.07, 6.45) is 1.55. The van der Waals surface area contributed by atoms with E-state index in [-0.39, 0.29) is 11.4 Å². The molecule has 2 aromatic carbocycles. The molecule has 1 aromatic heterocycles. The smallest absolute Gasteiger partial charge is 0.216 e. The lowest BCUT2D eigenvalue weighted by Gasteiger charge is -2.09. The molecule has 0 spiro atoms. The zero-order valence-corrected chi connectivity index (χ0v) is 11.7. The first-order chi connectivity index (χ1) is 10.8. The number of benzene rings is 2. The monoisotopic (exact) mass is 292 g/mol. The highest BCUT2D eigenvalue weighted by Crippen LogP contribution is 2.30. The molecule has 22 heavy (non-hydrogen) atoms. The molecular weight excluding hydrogens is 280 g/mol. The summed E-state index contributed by atoms with van der Waals surface area (Å²) >= 11 is 0. The van der Waals surface area contributed by atoms with Crippen molar-refractivity contribution in [3.05, 3.63) is 48.4 Å². The van der Waals surface area contributed by atoms with Gasteiger partial charge in [-0.2, -0.15) is 10.5 Å². The van der Waals surface area contributed by atoms with E-state index in [0.29, 0.717) is 0 Å². The fraction of sp³-hybridized carbons (Fsp3) is 0.0667. The first kappa shape index (κ1) is 13.6. The number of anilines is 1. The van der Waals surface area contributed by atoms with E-state index < -0.39 is 0 Å². The second-order valence-corrected chi connectivity index (χ2v) is 4.41. The average Bonchev–Trinajstić information content (AvgIpc) is 3.09. The normalized spacial score (nSPS) is 11.2. The molecule has 3 rings (SSSR count). The SMILES string of the molecule is COc1cccc2c(NC=C(C#N)c3nn[nH]n3)cccc12. The third-order valence-corrected chi connectivity index (χ3v) is 3.18. The number of nitriles is 1. The summed E-state index contributed by atoms with van der Waals surface area (Å²) in [5.41, 5.74) is 1.14. The summed E-state index contributed by atoms with van der Waals surface area (Å²) in [5, 5.41) is 27.6. The number of nitrogens with zero attached hydrogens (tertiary/aromatic N) is 4. The van der Waals surface area contributed by atoms with E-state index in [1.807, 2.05) is 42.5 Å². The molecule has 7 nitrogen and oxygen atoms in total. The van der Waals surface area contributed by atoms with Gasteiger partial charge in [-0.05, 0) is 17.3 Å². The van der Waals surface area contributed by atoms with Crippen LogP contribution in [0.25, 0.3) is 16.3 Å². The van der Waals surface area contributed by atoms with Crippen LogP contribution in [0.15, 0.2) is 42.6 Å². The van der Waals surface area contributed by atoms with E-state index in [4.69, 9.17) is 4.74 Å². The number of tetrazole rings is 1. The molecule has 0 aliphatic carbocycles. The highest BCUT2D eigenvalue weighted by molar-refractivity contribution is 5.98. The maximum Gasteiger partial charge on any atom is 0.216 e. The zero-order chi connectivity index (χ0) is 15.4. The van der Waals surface area contributed by atoms with Crippen LogP contribution in [-0.2, 0) is 0 Å². The predicted molar refractivity (Wildman–Crippen MR) is 81.9 cm³/mol. The number of fused-ring (bicyclic) bond motifs is 1. The third kappa shape index (κ3) is 2.45. The fourth-order valence-electron chi connectivity index (χ4n) is 2.16. The van der Waals surface area contributed by atoms with Gasteiger partial charge >= 0.3 is 0 Å². The van der Waals surface area contributed by atoms with Crippen molar-refractivity contribution in [2.45, 2.75) is 0 Å². The van der Waals surface area contributed by atoms with E-state index in [1.165, 1.54) is 0 Å². The van der Waals surface area contributed by atoms with Crippen LogP contribution in [0, 0.1) is 11.3 Å². The Bertz CT molecular complexity index is 863. The third-order valence-electron chi connectivity index (χ3n) is 3.18. The van der Waals surface area contributed by atoms with Gasteiger partial charge in [-0.1, -0.05) is 24.3 Å². The Kier molecular flexibility index (Phi) is 3.66. The van der Waals surface area contributed by atoms with Crippen molar-refractivity contribution in [3.8, 4) is 11.8 Å². The van der Waals surface area contributed by atoms with Crippen molar-refractivity contribution in [1.82, 2.24) is 20.6 Å². The molecule has 0 fully saturated rings. The van der Waals surface area contributed by atoms with E-state index in [0.717, 1.165) is 22.2 Å². The standard InChI is InChI=1S/C15H12N6O/c1-22-14-7-3-4-11-12(14)5-2-6-13(11)17-9-10(8-16)15-18-20-21-19-15/h2-7,9,17H,1H3,(H,18,19,20,21). The first-order valence-corrected chi connectivity index (χ1v) is 6.50. The van der Waals surface area contributed by atoms with Gasteiger partial charge in [0.15, 0.2) is 0 Å². The summed E-state index contributed by atoms with van der Waals surface area (Å²) < 4.78 is 5.36. The summed E-state index contributed by atoms with van der Waals surface area (Å²) in [5.74, 6) is 1.04. The molecule has 0 atom stereocenters. The van der Waals surface area contributed by atoms with Crippen molar-refractivity contribution < 1.29 is 4.74 Å². The number of ether oxygens (including phenoxy) is 1. The summed E-state index contributed by atoms with van der Waals surface area (Å²) in [6, 6.07) is 13.7. The minimum atomic E-state index is 0.243. The van der Waals surface area contributed by atoms with Gasteiger partial charge in [0.1, 0.15) is 17.4 Å². The molecular formula is C15H12N6O. The van der Waals surface area contributed by atoms with Crippen molar-refractivity contribution in [1.29, 1.82) is 5.26 Å². The Morgan fingerprint density at radius 1 is 1.27 bits per heavy atom. The molecule has 0 radical (unpaired) electrons. The van der Waals surface area contributed by atoms with Crippen LogP contribution >= 0.6 is 0 Å². The second kappa shape index (κ2) is 5.93. The van der Waals surface area contributed by atoms with Crippen LogP contribution in [0.1, 0.15) is 5.82 Å². The van der Waals surface area contributed by atoms with Gasteiger partial charge in [0.05, 0.1) is 7.11 Å². The largest absolute Gasteiger partial charge is 0.496 e. The van der Waals surface area contributed by atoms with Crippen LogP contribution in [0.4, 0.5) is 5.69 Å². The molecule has 0 unspecified atom stereocenters. The number of hydrogen-bond donors (Lipinski definition) is 2. The lowest BCUT2D eigenvalue weighted by molar-refractivity contribution is 0.420. The van der Waals surface area contributed by atoms with Gasteiger partial charge in [-0.15, -0.1) is 10.2 Å². The number of aromatic amines is 1. The lowest BCUT2D eigenvalue weighted by Crippen LogP contribution is -1.94. The molecule has 3 aromatic rings. The van der Waals surface area contributed by atoms with Gasteiger partial charge in [-0.25, -0.2) is 0 Å². The highest BCUT2D eigenvalue weighted by atomic mass is 16.5. The van der Waals surface area contributed by atoms with Crippen LogP contribution in [-0.4, -0.2) is 27.7 Å². The van der Waals surface area contributed by atoms with Crippen LogP contribution in [0.3, 0.4) is 0 Å². The van der Waals surface area contributed by atoms with Gasteiger partial charge < -0.3 is 10.1 Å². The van der Waals surface area contributed by atoms with Gasteiger partial charge in [0, 0.05) is 22.7 Å². The van der Waals surface area contributed by atoms with E-state index in [9.17, 15) is 5.26 Å². The minimum absolute atomic E-state index is 0.243. The zero-order valence-electron chi connectivity index (χ0n) is 11.7. The van der Waals surface area contributed by atoms with E-state index in [1.54, 1.807) is 13.3 Å². The van der Waals surface area contributed by atoms with Crippen molar-refractivity contribution in [2.75, 3.05) is 12.4 Å². The van der Waals surface area contributed by atoms with Crippen LogP contribution in [0.5, 0.6) is 5.75 Å². The molecule has 0 amide bonds. The Morgan fingerprint density at radius 3 is 2.82 bits per heavy atom. The number of nitrogens with one attached hydrogen (secondary N) is 2. The summed E-state index contributed by atoms with van der Waals surface area (Å²) in [6.45, 7) is 0. The lowest BCUT2D eigenvalue weighted by atomic mass is 10.1. The Hall–Kier alpha value is -3.40. The molecule has 1 heterocycles. The molecule has 0 saturated carbocycles. The van der Waals surface area contributed by atoms with Gasteiger partial charge in [-0.3, -0.25) is 0 Å². The molecule has 7 heteroatoms. The topological polar surface area (TPSA) is 99.5 Å². The summed E-state index contributed by atoms with van der Waals surface area (Å²) in [7, 11) is 1.64. The maximum atomic E-state index is 9.17. The van der Waals surface area contributed by atoms with Crippen molar-refractivity contribution in [3.63, 3.8) is 0 Å². The Labute approximate surface area is 126 Å². The molecule has 0 bridgehead atoms. The number of rotatable bonds is 4. The molecule has 0 aliphatic rings. The van der Waals surface area contributed by atoms with E-state index in [2.05, 4.69) is 25.9 Å². The average molecular weight is 292 g/mol. The number of H-pyrrole nitrogens is 1. The highest BCUT2D eigenvalue weighted by Gasteiger charge is 2.07. The van der Waals surface area contributed by atoms with Crippen molar-refractivity contribution >= 4 is 22.0 Å². The van der Waals surface area contributed by atoms with Gasteiger partial charge in [0.2, 0.25) is 5.82 Å². The Balaban J connectivity index is 2.00. The maximum absolute atomic E-state index is 9.17. The number of methoxy groups -OCH3 is 1. The first-order valence-electron chi connectivity index (χ1n) is 6.50. The molecule has 108 valence electrons. The number of aromatic nitrogens is 4. The van der Waals surface area contributed by atoms with Gasteiger partial charge in [0.25, 0.3) is 0 Å². The van der Waals surface area contributed by atoms with Crippen LogP contribution < -0.4 is 10.1 Å². The van der Waals surface area contributed by atoms with Crippen molar-refractivity contribution in [2.24, 2.45) is 0 Å². The minimum Gasteiger partial charge on any atom is -0.496 e. The fourth-order valence-corrected chi connectivity index (χ4v) is 2.16. The second-order valence-electron chi connectivity index (χ2n) is 4.41.